The molecule has 3 aromatic carbocycles. The first kappa shape index (κ1) is 28.3. The van der Waals surface area contributed by atoms with E-state index in [0.29, 0.717) is 18.6 Å². The highest BCUT2D eigenvalue weighted by atomic mass is 32.2. The van der Waals surface area contributed by atoms with E-state index in [9.17, 15) is 13.2 Å². The second kappa shape index (κ2) is 12.9. The van der Waals surface area contributed by atoms with E-state index < -0.39 is 22.3 Å². The first-order valence-corrected chi connectivity index (χ1v) is 14.8. The maximum Gasteiger partial charge on any atom is 0.357 e. The summed E-state index contributed by atoms with van der Waals surface area (Å²) < 4.78 is 39.0. The van der Waals surface area contributed by atoms with Gasteiger partial charge in [0.05, 0.1) is 30.5 Å². The number of benzene rings is 3. The zero-order valence-corrected chi connectivity index (χ0v) is 23.3. The molecule has 204 valence electrons. The van der Waals surface area contributed by atoms with Crippen LogP contribution >= 0.6 is 11.3 Å². The number of amides is 1. The summed E-state index contributed by atoms with van der Waals surface area (Å²) in [6, 6.07) is 23.6. The molecule has 0 unspecified atom stereocenters. The van der Waals surface area contributed by atoms with Gasteiger partial charge in [0.2, 0.25) is 5.91 Å². The van der Waals surface area contributed by atoms with Crippen molar-refractivity contribution in [2.24, 2.45) is 0 Å². The van der Waals surface area contributed by atoms with Gasteiger partial charge in [0.1, 0.15) is 10.8 Å². The number of aryl methyl sites for hydroxylation is 1. The number of thiazole rings is 1. The predicted molar refractivity (Wildman–Crippen MR) is 154 cm³/mol. The van der Waals surface area contributed by atoms with Crippen molar-refractivity contribution >= 4 is 33.2 Å². The van der Waals surface area contributed by atoms with Crippen molar-refractivity contribution in [2.45, 2.75) is 38.1 Å². The standard InChI is InChI=1S/C29H31N3O5S2/c1-3-22-19-38-29(30-22)26(18-21-13-15-23(16-14-21)32-39(34,35)36)31-28(33)25(17-20-9-5-4-6-10-20)24-11-7-8-12-27(24)37-2/h4-16,19,25-26,32H,3,17-18H2,1-2H3,(H,31,33)(H,34,35,36)/t25-,26-/m0/s1. The van der Waals surface area contributed by atoms with Crippen LogP contribution in [0, 0.1) is 0 Å². The molecule has 3 N–H and O–H groups in total. The lowest BCUT2D eigenvalue weighted by atomic mass is 9.90. The zero-order chi connectivity index (χ0) is 27.8. The first-order chi connectivity index (χ1) is 18.8. The van der Waals surface area contributed by atoms with Crippen LogP contribution in [0.2, 0.25) is 0 Å². The van der Waals surface area contributed by atoms with Gasteiger partial charge in [-0.15, -0.1) is 11.3 Å². The number of rotatable bonds is 12. The predicted octanol–water partition coefficient (Wildman–Crippen LogP) is 5.36. The number of hydrogen-bond donors (Lipinski definition) is 3. The summed E-state index contributed by atoms with van der Waals surface area (Å²) in [5, 5.41) is 6.03. The van der Waals surface area contributed by atoms with Crippen LogP contribution in [-0.2, 0) is 34.4 Å². The molecule has 0 fully saturated rings. The third kappa shape index (κ3) is 7.89. The molecule has 4 aromatic rings. The van der Waals surface area contributed by atoms with Gasteiger partial charge in [0, 0.05) is 10.9 Å². The Bertz CT molecular complexity index is 1490. The van der Waals surface area contributed by atoms with Crippen molar-refractivity contribution in [3.05, 3.63) is 112 Å². The van der Waals surface area contributed by atoms with Crippen molar-refractivity contribution in [2.75, 3.05) is 11.8 Å². The van der Waals surface area contributed by atoms with Gasteiger partial charge in [-0.3, -0.25) is 14.1 Å². The molecule has 0 aliphatic heterocycles. The van der Waals surface area contributed by atoms with Gasteiger partial charge in [0.25, 0.3) is 0 Å². The lowest BCUT2D eigenvalue weighted by Gasteiger charge is -2.23. The molecule has 1 aromatic heterocycles. The van der Waals surface area contributed by atoms with Crippen molar-refractivity contribution in [1.29, 1.82) is 0 Å². The smallest absolute Gasteiger partial charge is 0.357 e. The number of hydrogen-bond acceptors (Lipinski definition) is 6. The van der Waals surface area contributed by atoms with Crippen molar-refractivity contribution in [3.8, 4) is 5.75 Å². The van der Waals surface area contributed by atoms with Crippen LogP contribution in [0.25, 0.3) is 0 Å². The average Bonchev–Trinajstić information content (AvgIpc) is 3.41. The number of aromatic nitrogens is 1. The van der Waals surface area contributed by atoms with Gasteiger partial charge >= 0.3 is 10.3 Å². The van der Waals surface area contributed by atoms with E-state index in [1.165, 1.54) is 11.3 Å². The fourth-order valence-electron chi connectivity index (χ4n) is 4.36. The minimum atomic E-state index is -4.37. The molecule has 0 aliphatic carbocycles. The normalized spacial score (nSPS) is 12.9. The van der Waals surface area contributed by atoms with E-state index in [1.807, 2.05) is 71.6 Å². The van der Waals surface area contributed by atoms with Gasteiger partial charge in [-0.05, 0) is 48.6 Å². The molecule has 2 atom stereocenters. The number of carbonyl (C=O) groups is 1. The molecular weight excluding hydrogens is 534 g/mol. The lowest BCUT2D eigenvalue weighted by molar-refractivity contribution is -0.123. The van der Waals surface area contributed by atoms with Gasteiger partial charge in [0.15, 0.2) is 0 Å². The molecule has 39 heavy (non-hydrogen) atoms. The minimum Gasteiger partial charge on any atom is -0.496 e. The van der Waals surface area contributed by atoms with E-state index in [0.717, 1.165) is 33.8 Å². The Morgan fingerprint density at radius 3 is 2.28 bits per heavy atom. The Labute approximate surface area is 233 Å². The van der Waals surface area contributed by atoms with Crippen molar-refractivity contribution in [1.82, 2.24) is 10.3 Å². The molecule has 1 amide bonds. The molecule has 0 aliphatic rings. The summed E-state index contributed by atoms with van der Waals surface area (Å²) in [5.74, 6) is -0.00108. The van der Waals surface area contributed by atoms with E-state index in [2.05, 4.69) is 5.32 Å². The number of nitrogens with zero attached hydrogens (tertiary/aromatic N) is 1. The number of ether oxygens (including phenoxy) is 1. The Hall–Kier alpha value is -3.73. The molecule has 1 heterocycles. The molecular formula is C29H31N3O5S2. The van der Waals surface area contributed by atoms with E-state index in [1.54, 1.807) is 31.4 Å². The van der Waals surface area contributed by atoms with Crippen LogP contribution in [0.1, 0.15) is 46.3 Å². The minimum absolute atomic E-state index is 0.147. The molecule has 10 heteroatoms. The maximum atomic E-state index is 14.0. The third-order valence-corrected chi connectivity index (χ3v) is 7.80. The summed E-state index contributed by atoms with van der Waals surface area (Å²) in [6.07, 6.45) is 1.72. The SMILES string of the molecule is CCc1csc([C@H](Cc2ccc(NS(=O)(=O)O)cc2)NC(=O)[C@@H](Cc2ccccc2)c2ccccc2OC)n1. The monoisotopic (exact) mass is 565 g/mol. The van der Waals surface area contributed by atoms with Gasteiger partial charge in [-0.25, -0.2) is 4.98 Å². The van der Waals surface area contributed by atoms with Crippen LogP contribution in [0.3, 0.4) is 0 Å². The Morgan fingerprint density at radius 2 is 1.64 bits per heavy atom. The third-order valence-electron chi connectivity index (χ3n) is 6.30. The van der Waals surface area contributed by atoms with Gasteiger partial charge < -0.3 is 10.1 Å². The molecule has 0 spiro atoms. The number of para-hydroxylation sites is 1. The summed E-state index contributed by atoms with van der Waals surface area (Å²) in [7, 11) is -2.77. The van der Waals surface area contributed by atoms with E-state index >= 15 is 0 Å². The highest BCUT2D eigenvalue weighted by Crippen LogP contribution is 2.31. The second-order valence-corrected chi connectivity index (χ2v) is 11.1. The van der Waals surface area contributed by atoms with Crippen LogP contribution in [-0.4, -0.2) is 31.0 Å². The first-order valence-electron chi connectivity index (χ1n) is 12.5. The number of methoxy groups -OCH3 is 1. The molecule has 4 rings (SSSR count). The van der Waals surface area contributed by atoms with E-state index in [4.69, 9.17) is 14.3 Å². The highest BCUT2D eigenvalue weighted by molar-refractivity contribution is 7.87. The quantitative estimate of drug-likeness (QED) is 0.199. The number of carbonyl (C=O) groups excluding carboxylic acids is 1. The largest absolute Gasteiger partial charge is 0.496 e. The molecule has 0 saturated carbocycles. The second-order valence-electron chi connectivity index (χ2n) is 9.05. The fraction of sp³-hybridized carbons (Fsp3) is 0.241. The summed E-state index contributed by atoms with van der Waals surface area (Å²) in [6.45, 7) is 2.03. The van der Waals surface area contributed by atoms with E-state index in [-0.39, 0.29) is 11.6 Å². The van der Waals surface area contributed by atoms with Crippen LogP contribution in [0.4, 0.5) is 5.69 Å². The molecule has 0 saturated heterocycles. The number of nitrogens with one attached hydrogen (secondary N) is 2. The van der Waals surface area contributed by atoms with Crippen LogP contribution in [0.5, 0.6) is 5.75 Å². The maximum absolute atomic E-state index is 14.0. The number of anilines is 1. The summed E-state index contributed by atoms with van der Waals surface area (Å²) in [4.78, 5) is 18.7. The van der Waals surface area contributed by atoms with Gasteiger partial charge in [-0.1, -0.05) is 67.6 Å². The Kier molecular flexibility index (Phi) is 9.34. The fourth-order valence-corrected chi connectivity index (χ4v) is 5.75. The zero-order valence-electron chi connectivity index (χ0n) is 21.7. The van der Waals surface area contributed by atoms with Crippen LogP contribution < -0.4 is 14.8 Å². The average molecular weight is 566 g/mol. The van der Waals surface area contributed by atoms with Crippen molar-refractivity contribution in [3.63, 3.8) is 0 Å². The molecule has 0 radical (unpaired) electrons. The Balaban J connectivity index is 1.64. The van der Waals surface area contributed by atoms with Crippen molar-refractivity contribution < 1.29 is 22.5 Å². The summed E-state index contributed by atoms with van der Waals surface area (Å²) in [5.41, 5.74) is 3.89. The highest BCUT2D eigenvalue weighted by Gasteiger charge is 2.28. The Morgan fingerprint density at radius 1 is 0.974 bits per heavy atom. The lowest BCUT2D eigenvalue weighted by Crippen LogP contribution is -2.35. The summed E-state index contributed by atoms with van der Waals surface area (Å²) >= 11 is 1.50. The van der Waals surface area contributed by atoms with Gasteiger partial charge in [-0.2, -0.15) is 8.42 Å². The van der Waals surface area contributed by atoms with Crippen LogP contribution in [0.15, 0.2) is 84.2 Å². The molecule has 0 bridgehead atoms. The topological polar surface area (TPSA) is 118 Å². The molecule has 8 nitrogen and oxygen atoms in total.